The molecule has 0 aliphatic rings. The van der Waals surface area contributed by atoms with E-state index < -0.39 is 5.91 Å². The van der Waals surface area contributed by atoms with Crippen molar-refractivity contribution in [3.8, 4) is 0 Å². The SMILES string of the molecule is O=C(CNC(=O)c1ccc(Br)o1)NCCSc1ccc(Cl)cc1. The lowest BCUT2D eigenvalue weighted by atomic mass is 10.4. The number of hydrogen-bond donors (Lipinski definition) is 2. The number of rotatable bonds is 7. The number of benzene rings is 1. The Kier molecular flexibility index (Phi) is 7.01. The average molecular weight is 418 g/mol. The zero-order valence-corrected chi connectivity index (χ0v) is 15.1. The quantitative estimate of drug-likeness (QED) is 0.535. The number of thioether (sulfide) groups is 1. The minimum atomic E-state index is -0.429. The van der Waals surface area contributed by atoms with Gasteiger partial charge in [0.15, 0.2) is 10.4 Å². The summed E-state index contributed by atoms with van der Waals surface area (Å²) in [5.41, 5.74) is 0. The summed E-state index contributed by atoms with van der Waals surface area (Å²) in [6.45, 7) is 0.414. The van der Waals surface area contributed by atoms with E-state index in [0.717, 1.165) is 10.6 Å². The molecule has 2 rings (SSSR count). The molecule has 0 saturated heterocycles. The van der Waals surface area contributed by atoms with E-state index in [-0.39, 0.29) is 18.2 Å². The molecule has 23 heavy (non-hydrogen) atoms. The van der Waals surface area contributed by atoms with Gasteiger partial charge in [0.05, 0.1) is 6.54 Å². The van der Waals surface area contributed by atoms with Crippen molar-refractivity contribution in [2.45, 2.75) is 4.90 Å². The molecule has 2 amide bonds. The van der Waals surface area contributed by atoms with E-state index in [1.54, 1.807) is 17.8 Å². The van der Waals surface area contributed by atoms with Crippen molar-refractivity contribution in [1.29, 1.82) is 0 Å². The van der Waals surface area contributed by atoms with Crippen molar-refractivity contribution in [2.24, 2.45) is 0 Å². The summed E-state index contributed by atoms with van der Waals surface area (Å²) < 4.78 is 5.56. The van der Waals surface area contributed by atoms with Crippen molar-refractivity contribution < 1.29 is 14.0 Å². The molecule has 122 valence electrons. The van der Waals surface area contributed by atoms with Crippen molar-refractivity contribution >= 4 is 51.1 Å². The van der Waals surface area contributed by atoms with Crippen LogP contribution in [0, 0.1) is 0 Å². The molecule has 0 aliphatic heterocycles. The number of hydrogen-bond acceptors (Lipinski definition) is 4. The Morgan fingerprint density at radius 1 is 1.13 bits per heavy atom. The molecule has 0 unspecified atom stereocenters. The Bertz CT molecular complexity index is 676. The van der Waals surface area contributed by atoms with Crippen LogP contribution in [0.25, 0.3) is 0 Å². The van der Waals surface area contributed by atoms with Gasteiger partial charge in [0.2, 0.25) is 5.91 Å². The molecule has 0 saturated carbocycles. The topological polar surface area (TPSA) is 71.3 Å². The van der Waals surface area contributed by atoms with Gasteiger partial charge < -0.3 is 15.1 Å². The average Bonchev–Trinajstić information content (AvgIpc) is 2.97. The van der Waals surface area contributed by atoms with Crippen LogP contribution >= 0.6 is 39.3 Å². The van der Waals surface area contributed by atoms with E-state index in [0.29, 0.717) is 16.2 Å². The molecule has 1 heterocycles. The van der Waals surface area contributed by atoms with Gasteiger partial charge >= 0.3 is 0 Å². The Hall–Kier alpha value is -1.44. The molecule has 1 aromatic carbocycles. The lowest BCUT2D eigenvalue weighted by molar-refractivity contribution is -0.120. The smallest absolute Gasteiger partial charge is 0.287 e. The second-order valence-electron chi connectivity index (χ2n) is 4.44. The first-order chi connectivity index (χ1) is 11.0. The Balaban J connectivity index is 1.61. The summed E-state index contributed by atoms with van der Waals surface area (Å²) in [5, 5.41) is 5.92. The summed E-state index contributed by atoms with van der Waals surface area (Å²) >= 11 is 10.5. The van der Waals surface area contributed by atoms with Crippen LogP contribution in [0.1, 0.15) is 10.6 Å². The fourth-order valence-corrected chi connectivity index (χ4v) is 2.84. The normalized spacial score (nSPS) is 10.3. The second-order valence-corrected chi connectivity index (χ2v) is 6.83. The predicted octanol–water partition coefficient (Wildman–Crippen LogP) is 3.33. The third-order valence-corrected chi connectivity index (χ3v) is 4.41. The summed E-state index contributed by atoms with van der Waals surface area (Å²) in [6, 6.07) is 10.6. The van der Waals surface area contributed by atoms with Gasteiger partial charge in [-0.1, -0.05) is 11.6 Å². The maximum absolute atomic E-state index is 11.7. The van der Waals surface area contributed by atoms with Gasteiger partial charge in [-0.2, -0.15) is 0 Å². The summed E-state index contributed by atoms with van der Waals surface area (Å²) in [5.74, 6) is 0.206. The van der Waals surface area contributed by atoms with Gasteiger partial charge in [0, 0.05) is 22.2 Å². The molecule has 0 aliphatic carbocycles. The van der Waals surface area contributed by atoms with Crippen LogP contribution < -0.4 is 10.6 Å². The number of carbonyl (C=O) groups is 2. The monoisotopic (exact) mass is 416 g/mol. The maximum Gasteiger partial charge on any atom is 0.287 e. The fraction of sp³-hybridized carbons (Fsp3) is 0.200. The molecular formula is C15H14BrClN2O3S. The maximum atomic E-state index is 11.7. The van der Waals surface area contributed by atoms with Gasteiger partial charge in [-0.25, -0.2) is 0 Å². The number of furan rings is 1. The highest BCUT2D eigenvalue weighted by Crippen LogP contribution is 2.19. The largest absolute Gasteiger partial charge is 0.444 e. The van der Waals surface area contributed by atoms with Crippen molar-refractivity contribution in [2.75, 3.05) is 18.8 Å². The Morgan fingerprint density at radius 2 is 1.87 bits per heavy atom. The van der Waals surface area contributed by atoms with E-state index in [9.17, 15) is 9.59 Å². The lowest BCUT2D eigenvalue weighted by Gasteiger charge is -2.06. The van der Waals surface area contributed by atoms with Gasteiger partial charge in [-0.3, -0.25) is 9.59 Å². The Labute approximate surface area is 151 Å². The first-order valence-electron chi connectivity index (χ1n) is 6.73. The van der Waals surface area contributed by atoms with E-state index in [4.69, 9.17) is 16.0 Å². The molecule has 0 spiro atoms. The van der Waals surface area contributed by atoms with Crippen LogP contribution in [0.2, 0.25) is 5.02 Å². The van der Waals surface area contributed by atoms with Crippen LogP contribution in [0.4, 0.5) is 0 Å². The molecule has 8 heteroatoms. The van der Waals surface area contributed by atoms with Crippen molar-refractivity contribution in [3.05, 3.63) is 51.9 Å². The van der Waals surface area contributed by atoms with Gasteiger partial charge in [0.25, 0.3) is 5.91 Å². The molecule has 1 aromatic heterocycles. The minimum Gasteiger partial charge on any atom is -0.444 e. The first kappa shape index (κ1) is 17.9. The minimum absolute atomic E-state index is 0.0945. The summed E-state index contributed by atoms with van der Waals surface area (Å²) in [7, 11) is 0. The van der Waals surface area contributed by atoms with Crippen LogP contribution in [0.5, 0.6) is 0 Å². The molecule has 0 bridgehead atoms. The van der Waals surface area contributed by atoms with E-state index in [2.05, 4.69) is 26.6 Å². The van der Waals surface area contributed by atoms with Crippen LogP contribution in [-0.2, 0) is 4.79 Å². The zero-order valence-electron chi connectivity index (χ0n) is 12.0. The van der Waals surface area contributed by atoms with Crippen LogP contribution in [-0.4, -0.2) is 30.7 Å². The van der Waals surface area contributed by atoms with E-state index in [1.807, 2.05) is 24.3 Å². The van der Waals surface area contributed by atoms with Crippen molar-refractivity contribution in [1.82, 2.24) is 10.6 Å². The highest BCUT2D eigenvalue weighted by atomic mass is 79.9. The standard InChI is InChI=1S/C15H14BrClN2O3S/c16-13-6-5-12(22-13)15(21)19-9-14(20)18-7-8-23-11-3-1-10(17)2-4-11/h1-6H,7-9H2,(H,18,20)(H,19,21). The molecule has 0 atom stereocenters. The number of amides is 2. The second kappa shape index (κ2) is 9.00. The molecule has 2 N–H and O–H groups in total. The number of nitrogens with one attached hydrogen (secondary N) is 2. The predicted molar refractivity (Wildman–Crippen MR) is 93.9 cm³/mol. The highest BCUT2D eigenvalue weighted by molar-refractivity contribution is 9.10. The van der Waals surface area contributed by atoms with E-state index in [1.165, 1.54) is 6.07 Å². The molecule has 5 nitrogen and oxygen atoms in total. The zero-order chi connectivity index (χ0) is 16.7. The van der Waals surface area contributed by atoms with Crippen LogP contribution in [0.3, 0.4) is 0 Å². The summed E-state index contributed by atoms with van der Waals surface area (Å²) in [4.78, 5) is 24.4. The Morgan fingerprint density at radius 3 is 2.52 bits per heavy atom. The van der Waals surface area contributed by atoms with Gasteiger partial charge in [0.1, 0.15) is 0 Å². The summed E-state index contributed by atoms with van der Waals surface area (Å²) in [6.07, 6.45) is 0. The molecule has 0 radical (unpaired) electrons. The van der Waals surface area contributed by atoms with Gasteiger partial charge in [-0.05, 0) is 52.3 Å². The first-order valence-corrected chi connectivity index (χ1v) is 8.89. The molecular weight excluding hydrogens is 404 g/mol. The van der Waals surface area contributed by atoms with Crippen molar-refractivity contribution in [3.63, 3.8) is 0 Å². The third kappa shape index (κ3) is 6.29. The lowest BCUT2D eigenvalue weighted by Crippen LogP contribution is -2.37. The molecule has 2 aromatic rings. The number of halogens is 2. The van der Waals surface area contributed by atoms with Gasteiger partial charge in [-0.15, -0.1) is 11.8 Å². The highest BCUT2D eigenvalue weighted by Gasteiger charge is 2.11. The third-order valence-electron chi connectivity index (χ3n) is 2.71. The molecule has 0 fully saturated rings. The van der Waals surface area contributed by atoms with E-state index >= 15 is 0 Å². The van der Waals surface area contributed by atoms with Crippen LogP contribution in [0.15, 0.2) is 50.4 Å². The fourth-order valence-electron chi connectivity index (χ4n) is 1.64. The number of carbonyl (C=O) groups excluding carboxylic acids is 2.